The molecule has 1 aromatic carbocycles. The van der Waals surface area contributed by atoms with Crippen molar-refractivity contribution in [3.8, 4) is 0 Å². The Balaban J connectivity index is 1.40. The summed E-state index contributed by atoms with van der Waals surface area (Å²) in [4.78, 5) is 3.75. The van der Waals surface area contributed by atoms with Gasteiger partial charge in [0.1, 0.15) is 0 Å². The van der Waals surface area contributed by atoms with E-state index in [9.17, 15) is 5.11 Å². The summed E-state index contributed by atoms with van der Waals surface area (Å²) in [5, 5.41) is 12.2. The van der Waals surface area contributed by atoms with E-state index in [0.29, 0.717) is 5.41 Å². The molecular formula is C25H33NO. The Morgan fingerprint density at radius 1 is 0.963 bits per heavy atom. The second-order valence-corrected chi connectivity index (χ2v) is 10.8. The summed E-state index contributed by atoms with van der Waals surface area (Å²) < 4.78 is 0. The van der Waals surface area contributed by atoms with E-state index in [0.717, 1.165) is 30.1 Å². The smallest absolute Gasteiger partial charge is 0.0596 e. The zero-order valence-electron chi connectivity index (χ0n) is 16.8. The van der Waals surface area contributed by atoms with Gasteiger partial charge in [0.25, 0.3) is 0 Å². The van der Waals surface area contributed by atoms with Gasteiger partial charge in [0, 0.05) is 16.6 Å². The topological polar surface area (TPSA) is 36.0 Å². The third kappa shape index (κ3) is 2.06. The van der Waals surface area contributed by atoms with Gasteiger partial charge >= 0.3 is 0 Å². The number of rotatable bonds is 0. The zero-order valence-corrected chi connectivity index (χ0v) is 16.8. The number of hydrogen-bond donors (Lipinski definition) is 2. The minimum atomic E-state index is -0.0550. The Morgan fingerprint density at radius 3 is 2.67 bits per heavy atom. The first-order valence-corrected chi connectivity index (χ1v) is 11.3. The second kappa shape index (κ2) is 5.41. The summed E-state index contributed by atoms with van der Waals surface area (Å²) in [6.45, 7) is 5.03. The van der Waals surface area contributed by atoms with Crippen molar-refractivity contribution in [2.45, 2.75) is 71.3 Å². The van der Waals surface area contributed by atoms with Gasteiger partial charge in [-0.3, -0.25) is 0 Å². The van der Waals surface area contributed by atoms with Gasteiger partial charge in [-0.1, -0.05) is 32.0 Å². The molecule has 0 spiro atoms. The highest BCUT2D eigenvalue weighted by Crippen LogP contribution is 2.65. The number of aromatic nitrogens is 1. The Morgan fingerprint density at radius 2 is 1.78 bits per heavy atom. The predicted octanol–water partition coefficient (Wildman–Crippen LogP) is 5.49. The van der Waals surface area contributed by atoms with E-state index in [1.165, 1.54) is 61.5 Å². The number of benzene rings is 1. The van der Waals surface area contributed by atoms with E-state index in [1.54, 1.807) is 5.56 Å². The van der Waals surface area contributed by atoms with Crippen LogP contribution in [0.1, 0.15) is 63.6 Å². The SMILES string of the molecule is C[C@]12Cc3c([nH]c4ccccc34)C[C@@H]1CC[C@H]1[C@@H]2CC[C@@]2(C)[C@@H](O)CC[C@@H]12. The molecule has 4 aliphatic rings. The van der Waals surface area contributed by atoms with Crippen LogP contribution in [0.15, 0.2) is 24.3 Å². The van der Waals surface area contributed by atoms with Crippen LogP contribution in [-0.4, -0.2) is 16.2 Å². The lowest BCUT2D eigenvalue weighted by atomic mass is 9.45. The highest BCUT2D eigenvalue weighted by Gasteiger charge is 2.60. The predicted molar refractivity (Wildman–Crippen MR) is 110 cm³/mol. The quantitative estimate of drug-likeness (QED) is 0.638. The molecule has 0 saturated heterocycles. The summed E-state index contributed by atoms with van der Waals surface area (Å²) in [6.07, 6.45) is 10.1. The molecule has 2 heteroatoms. The lowest BCUT2D eigenvalue weighted by Crippen LogP contribution is -2.54. The number of para-hydroxylation sites is 1. The van der Waals surface area contributed by atoms with Crippen LogP contribution in [0.2, 0.25) is 0 Å². The van der Waals surface area contributed by atoms with Crippen molar-refractivity contribution < 1.29 is 5.11 Å². The third-order valence-corrected chi connectivity index (χ3v) is 9.93. The first-order valence-electron chi connectivity index (χ1n) is 11.3. The summed E-state index contributed by atoms with van der Waals surface area (Å²) in [6, 6.07) is 8.91. The van der Waals surface area contributed by atoms with Crippen LogP contribution in [0, 0.1) is 34.5 Å². The fraction of sp³-hybridized carbons (Fsp3) is 0.680. The van der Waals surface area contributed by atoms with Crippen molar-refractivity contribution in [3.63, 3.8) is 0 Å². The number of fused-ring (bicyclic) bond motifs is 8. The number of aromatic amines is 1. The molecule has 1 aromatic heterocycles. The number of hydrogen-bond acceptors (Lipinski definition) is 1. The second-order valence-electron chi connectivity index (χ2n) is 10.8. The number of aliphatic hydroxyl groups excluding tert-OH is 1. The molecule has 0 unspecified atom stereocenters. The standard InChI is InChI=1S/C25H33NO/c1-24-12-11-20-17(19(24)9-10-23(24)27)8-7-15-13-22-18(14-25(15,20)2)16-5-3-4-6-21(16)26-22/h3-6,15,17,19-20,23,26-27H,7-14H2,1-2H3/t15-,17+,19-,20-,23-,24+,25-/m0/s1. The molecule has 0 aliphatic heterocycles. The lowest BCUT2D eigenvalue weighted by Gasteiger charge is -2.60. The van der Waals surface area contributed by atoms with Crippen LogP contribution in [-0.2, 0) is 12.8 Å². The van der Waals surface area contributed by atoms with Crippen molar-refractivity contribution in [2.75, 3.05) is 0 Å². The van der Waals surface area contributed by atoms with E-state index >= 15 is 0 Å². The van der Waals surface area contributed by atoms with Crippen molar-refractivity contribution in [2.24, 2.45) is 34.5 Å². The Kier molecular flexibility index (Phi) is 3.33. The number of nitrogens with one attached hydrogen (secondary N) is 1. The first-order chi connectivity index (χ1) is 13.0. The molecule has 0 bridgehead atoms. The van der Waals surface area contributed by atoms with Crippen molar-refractivity contribution in [3.05, 3.63) is 35.5 Å². The maximum atomic E-state index is 10.7. The van der Waals surface area contributed by atoms with Crippen LogP contribution < -0.4 is 0 Å². The largest absolute Gasteiger partial charge is 0.393 e. The van der Waals surface area contributed by atoms with Crippen molar-refractivity contribution >= 4 is 10.9 Å². The molecule has 7 atom stereocenters. The average Bonchev–Trinajstić information content (AvgIpc) is 3.16. The number of aliphatic hydroxyl groups is 1. The molecule has 2 nitrogen and oxygen atoms in total. The zero-order chi connectivity index (χ0) is 18.4. The van der Waals surface area contributed by atoms with Gasteiger partial charge < -0.3 is 10.1 Å². The maximum Gasteiger partial charge on any atom is 0.0596 e. The van der Waals surface area contributed by atoms with Gasteiger partial charge in [-0.15, -0.1) is 0 Å². The van der Waals surface area contributed by atoms with Gasteiger partial charge in [0.15, 0.2) is 0 Å². The molecule has 27 heavy (non-hydrogen) atoms. The van der Waals surface area contributed by atoms with Gasteiger partial charge in [-0.2, -0.15) is 0 Å². The third-order valence-electron chi connectivity index (χ3n) is 9.93. The van der Waals surface area contributed by atoms with Crippen LogP contribution >= 0.6 is 0 Å². The molecular weight excluding hydrogens is 330 g/mol. The minimum absolute atomic E-state index is 0.0550. The van der Waals surface area contributed by atoms with E-state index in [4.69, 9.17) is 0 Å². The van der Waals surface area contributed by atoms with Crippen molar-refractivity contribution in [1.29, 1.82) is 0 Å². The molecule has 1 heterocycles. The maximum absolute atomic E-state index is 10.7. The molecule has 3 saturated carbocycles. The van der Waals surface area contributed by atoms with Gasteiger partial charge in [-0.25, -0.2) is 0 Å². The number of H-pyrrole nitrogens is 1. The molecule has 0 radical (unpaired) electrons. The summed E-state index contributed by atoms with van der Waals surface area (Å²) in [5.74, 6) is 3.28. The van der Waals surface area contributed by atoms with Crippen LogP contribution in [0.3, 0.4) is 0 Å². The molecule has 2 aromatic rings. The van der Waals surface area contributed by atoms with E-state index in [2.05, 4.69) is 43.1 Å². The summed E-state index contributed by atoms with van der Waals surface area (Å²) >= 11 is 0. The fourth-order valence-corrected chi connectivity index (χ4v) is 8.38. The van der Waals surface area contributed by atoms with E-state index in [-0.39, 0.29) is 11.5 Å². The first kappa shape index (κ1) is 16.7. The van der Waals surface area contributed by atoms with Crippen LogP contribution in [0.25, 0.3) is 10.9 Å². The minimum Gasteiger partial charge on any atom is -0.393 e. The molecule has 0 amide bonds. The fourth-order valence-electron chi connectivity index (χ4n) is 8.38. The molecule has 144 valence electrons. The molecule has 2 N–H and O–H groups in total. The average molecular weight is 364 g/mol. The summed E-state index contributed by atoms with van der Waals surface area (Å²) in [5.41, 5.74) is 5.11. The van der Waals surface area contributed by atoms with Gasteiger partial charge in [-0.05, 0) is 97.5 Å². The molecule has 6 rings (SSSR count). The highest BCUT2D eigenvalue weighted by atomic mass is 16.3. The Hall–Kier alpha value is -1.28. The monoisotopic (exact) mass is 363 g/mol. The van der Waals surface area contributed by atoms with Crippen LogP contribution in [0.5, 0.6) is 0 Å². The van der Waals surface area contributed by atoms with Gasteiger partial charge in [0.2, 0.25) is 0 Å². The highest BCUT2D eigenvalue weighted by molar-refractivity contribution is 5.85. The molecule has 3 fully saturated rings. The normalized spacial score (nSPS) is 45.8. The Labute approximate surface area is 162 Å². The Bertz CT molecular complexity index is 899. The lowest BCUT2D eigenvalue weighted by molar-refractivity contribution is -0.111. The van der Waals surface area contributed by atoms with E-state index < -0.39 is 0 Å². The summed E-state index contributed by atoms with van der Waals surface area (Å²) in [7, 11) is 0. The van der Waals surface area contributed by atoms with Gasteiger partial charge in [0.05, 0.1) is 6.10 Å². The van der Waals surface area contributed by atoms with E-state index in [1.807, 2.05) is 0 Å². The van der Waals surface area contributed by atoms with Crippen molar-refractivity contribution in [1.82, 2.24) is 4.98 Å². The van der Waals surface area contributed by atoms with Crippen LogP contribution in [0.4, 0.5) is 0 Å². The molecule has 4 aliphatic carbocycles.